The number of carboxylic acid groups (broad SMARTS) is 2. The third kappa shape index (κ3) is 6.60. The molecule has 1 fully saturated rings. The number of carboxylic acids is 2. The highest BCUT2D eigenvalue weighted by atomic mass is 35.5. The van der Waals surface area contributed by atoms with E-state index in [0.29, 0.717) is 0 Å². The highest BCUT2D eigenvalue weighted by Gasteiger charge is 2.17. The number of rotatable bonds is 2. The molecule has 1 aromatic rings. The Balaban J connectivity index is 0.000000315. The molecule has 2 N–H and O–H groups in total. The number of likely N-dealkylation sites (tertiary alicyclic amines) is 1. The summed E-state index contributed by atoms with van der Waals surface area (Å²) in [5.74, 6) is -3.65. The minimum atomic E-state index is -1.82. The molecule has 1 aliphatic heterocycles. The molecule has 0 bridgehead atoms. The van der Waals surface area contributed by atoms with Crippen molar-refractivity contribution < 1.29 is 19.8 Å². The zero-order valence-corrected chi connectivity index (χ0v) is 12.7. The lowest BCUT2D eigenvalue weighted by Gasteiger charge is -2.33. The molecular formula is C15H20ClNO4. The molecule has 1 heterocycles. The molecule has 1 atom stereocenters. The summed E-state index contributed by atoms with van der Waals surface area (Å²) in [6, 6.07) is 8.94. The molecule has 5 nitrogen and oxygen atoms in total. The first-order valence-corrected chi connectivity index (χ1v) is 7.22. The van der Waals surface area contributed by atoms with Crippen LogP contribution in [0.1, 0.15) is 31.7 Å². The van der Waals surface area contributed by atoms with Gasteiger partial charge in [-0.1, -0.05) is 30.2 Å². The van der Waals surface area contributed by atoms with E-state index in [-0.39, 0.29) is 0 Å². The molecule has 21 heavy (non-hydrogen) atoms. The Kier molecular flexibility index (Phi) is 7.19. The van der Waals surface area contributed by atoms with E-state index in [1.807, 2.05) is 12.1 Å². The number of aliphatic carboxylic acids is 2. The molecule has 0 aromatic heterocycles. The van der Waals surface area contributed by atoms with Gasteiger partial charge in [-0.05, 0) is 44.0 Å². The summed E-state index contributed by atoms with van der Waals surface area (Å²) < 4.78 is 0. The van der Waals surface area contributed by atoms with E-state index in [9.17, 15) is 0 Å². The minimum absolute atomic E-state index is 0.731. The van der Waals surface area contributed by atoms with Crippen LogP contribution in [0, 0.1) is 0 Å². The summed E-state index contributed by atoms with van der Waals surface area (Å²) in [6.07, 6.45) is 4.07. The Morgan fingerprint density at radius 1 is 1.19 bits per heavy atom. The second-order valence-electron chi connectivity index (χ2n) is 5.05. The van der Waals surface area contributed by atoms with Gasteiger partial charge in [-0.3, -0.25) is 4.90 Å². The molecule has 1 unspecified atom stereocenters. The van der Waals surface area contributed by atoms with E-state index in [1.165, 1.54) is 31.4 Å². The van der Waals surface area contributed by atoms with E-state index >= 15 is 0 Å². The van der Waals surface area contributed by atoms with Crippen molar-refractivity contribution >= 4 is 23.5 Å². The maximum atomic E-state index is 9.10. The molecule has 0 radical (unpaired) electrons. The fourth-order valence-corrected chi connectivity index (χ4v) is 2.34. The van der Waals surface area contributed by atoms with Gasteiger partial charge in [0.15, 0.2) is 0 Å². The predicted molar refractivity (Wildman–Crippen MR) is 80.4 cm³/mol. The van der Waals surface area contributed by atoms with Crippen LogP contribution in [0.5, 0.6) is 0 Å². The van der Waals surface area contributed by atoms with Crippen LogP contribution in [-0.4, -0.2) is 39.6 Å². The van der Waals surface area contributed by atoms with Crippen LogP contribution in [0.3, 0.4) is 0 Å². The highest BCUT2D eigenvalue weighted by Crippen LogP contribution is 2.19. The second kappa shape index (κ2) is 8.64. The zero-order chi connectivity index (χ0) is 15.8. The molecule has 1 aromatic carbocycles. The fraction of sp³-hybridized carbons (Fsp3) is 0.467. The smallest absolute Gasteiger partial charge is 0.414 e. The lowest BCUT2D eigenvalue weighted by atomic mass is 10.0. The van der Waals surface area contributed by atoms with Gasteiger partial charge in [0.25, 0.3) is 0 Å². The van der Waals surface area contributed by atoms with Gasteiger partial charge in [-0.2, -0.15) is 0 Å². The Morgan fingerprint density at radius 3 is 2.24 bits per heavy atom. The van der Waals surface area contributed by atoms with Gasteiger partial charge < -0.3 is 10.2 Å². The maximum Gasteiger partial charge on any atom is 0.414 e. The van der Waals surface area contributed by atoms with Crippen molar-refractivity contribution in [1.82, 2.24) is 4.90 Å². The summed E-state index contributed by atoms with van der Waals surface area (Å²) in [7, 11) is 0. The second-order valence-corrected chi connectivity index (χ2v) is 5.49. The third-order valence-corrected chi connectivity index (χ3v) is 3.67. The van der Waals surface area contributed by atoms with Gasteiger partial charge >= 0.3 is 11.9 Å². The Bertz CT molecular complexity index is 463. The average Bonchev–Trinajstić information content (AvgIpc) is 2.44. The van der Waals surface area contributed by atoms with Crippen molar-refractivity contribution in [2.75, 3.05) is 6.54 Å². The zero-order valence-electron chi connectivity index (χ0n) is 12.0. The summed E-state index contributed by atoms with van der Waals surface area (Å²) in [6.45, 7) is 4.64. The largest absolute Gasteiger partial charge is 0.473 e. The van der Waals surface area contributed by atoms with Gasteiger partial charge in [-0.25, -0.2) is 9.59 Å². The minimum Gasteiger partial charge on any atom is -0.473 e. The Morgan fingerprint density at radius 2 is 1.76 bits per heavy atom. The Labute approximate surface area is 129 Å². The number of piperidine rings is 1. The van der Waals surface area contributed by atoms with E-state index in [4.69, 9.17) is 31.4 Å². The number of hydrogen-bond donors (Lipinski definition) is 2. The first-order chi connectivity index (χ1) is 9.90. The quantitative estimate of drug-likeness (QED) is 0.821. The van der Waals surface area contributed by atoms with E-state index < -0.39 is 11.9 Å². The summed E-state index contributed by atoms with van der Waals surface area (Å²) in [5, 5.41) is 15.6. The first-order valence-electron chi connectivity index (χ1n) is 6.85. The fourth-order valence-electron chi connectivity index (χ4n) is 2.22. The van der Waals surface area contributed by atoms with Crippen LogP contribution in [0.15, 0.2) is 24.3 Å². The number of halogens is 1. The highest BCUT2D eigenvalue weighted by molar-refractivity contribution is 6.30. The van der Waals surface area contributed by atoms with Crippen LogP contribution < -0.4 is 0 Å². The van der Waals surface area contributed by atoms with Crippen LogP contribution >= 0.6 is 11.6 Å². The Hall–Kier alpha value is -1.59. The number of benzene rings is 1. The van der Waals surface area contributed by atoms with Crippen LogP contribution in [0.25, 0.3) is 0 Å². The number of nitrogens with zero attached hydrogens (tertiary/aromatic N) is 1. The monoisotopic (exact) mass is 313 g/mol. The van der Waals surface area contributed by atoms with Gasteiger partial charge in [-0.15, -0.1) is 0 Å². The molecule has 0 amide bonds. The number of hydrogen-bond acceptors (Lipinski definition) is 3. The first kappa shape index (κ1) is 17.5. The van der Waals surface area contributed by atoms with Crippen molar-refractivity contribution in [2.45, 2.75) is 38.8 Å². The van der Waals surface area contributed by atoms with Crippen LogP contribution in [-0.2, 0) is 16.1 Å². The van der Waals surface area contributed by atoms with Gasteiger partial charge in [0, 0.05) is 17.6 Å². The SMILES string of the molecule is CC1CCCCN1Cc1ccc(Cl)cc1.O=C(O)C(=O)O. The van der Waals surface area contributed by atoms with Crippen molar-refractivity contribution in [3.63, 3.8) is 0 Å². The summed E-state index contributed by atoms with van der Waals surface area (Å²) in [5.41, 5.74) is 1.37. The topological polar surface area (TPSA) is 77.8 Å². The van der Waals surface area contributed by atoms with Gasteiger partial charge in [0.2, 0.25) is 0 Å². The predicted octanol–water partition coefficient (Wildman–Crippen LogP) is 2.87. The van der Waals surface area contributed by atoms with Crippen molar-refractivity contribution in [2.24, 2.45) is 0 Å². The lowest BCUT2D eigenvalue weighted by Crippen LogP contribution is -2.36. The normalized spacial score (nSPS) is 18.5. The van der Waals surface area contributed by atoms with Crippen LogP contribution in [0.4, 0.5) is 0 Å². The van der Waals surface area contributed by atoms with Crippen molar-refractivity contribution in [3.05, 3.63) is 34.9 Å². The van der Waals surface area contributed by atoms with E-state index in [0.717, 1.165) is 17.6 Å². The molecular weight excluding hydrogens is 294 g/mol. The molecule has 0 spiro atoms. The molecule has 116 valence electrons. The van der Waals surface area contributed by atoms with Gasteiger partial charge in [0.1, 0.15) is 0 Å². The van der Waals surface area contributed by atoms with Crippen molar-refractivity contribution in [3.8, 4) is 0 Å². The lowest BCUT2D eigenvalue weighted by molar-refractivity contribution is -0.159. The summed E-state index contributed by atoms with van der Waals surface area (Å²) in [4.78, 5) is 20.8. The molecule has 0 aliphatic carbocycles. The standard InChI is InChI=1S/C13H18ClN.C2H2O4/c1-11-4-2-3-9-15(11)10-12-5-7-13(14)8-6-12;3-1(4)2(5)6/h5-8,11H,2-4,9-10H2,1H3;(H,3,4)(H,5,6). The van der Waals surface area contributed by atoms with Crippen molar-refractivity contribution in [1.29, 1.82) is 0 Å². The molecule has 0 saturated carbocycles. The van der Waals surface area contributed by atoms with E-state index in [2.05, 4.69) is 24.0 Å². The number of carbonyl (C=O) groups is 2. The molecule has 1 aliphatic rings. The molecule has 1 saturated heterocycles. The summed E-state index contributed by atoms with van der Waals surface area (Å²) >= 11 is 5.87. The maximum absolute atomic E-state index is 9.10. The van der Waals surface area contributed by atoms with Crippen LogP contribution in [0.2, 0.25) is 5.02 Å². The third-order valence-electron chi connectivity index (χ3n) is 3.42. The van der Waals surface area contributed by atoms with Gasteiger partial charge in [0.05, 0.1) is 0 Å². The van der Waals surface area contributed by atoms with E-state index in [1.54, 1.807) is 0 Å². The molecule has 6 heteroatoms. The average molecular weight is 314 g/mol. The molecule has 2 rings (SSSR count).